The first-order chi connectivity index (χ1) is 13.6. The van der Waals surface area contributed by atoms with E-state index in [9.17, 15) is 9.90 Å². The van der Waals surface area contributed by atoms with Gasteiger partial charge in [0.1, 0.15) is 0 Å². The Hall–Kier alpha value is -3.51. The van der Waals surface area contributed by atoms with Crippen molar-refractivity contribution in [2.75, 3.05) is 0 Å². The van der Waals surface area contributed by atoms with E-state index < -0.39 is 6.09 Å². The number of hydrogen-bond acceptors (Lipinski definition) is 4. The summed E-state index contributed by atoms with van der Waals surface area (Å²) in [6, 6.07) is 15.1. The monoisotopic (exact) mass is 390 g/mol. The predicted octanol–water partition coefficient (Wildman–Crippen LogP) is 4.91. The fraction of sp³-hybridized carbons (Fsp3) is 0.0476. The van der Waals surface area contributed by atoms with E-state index in [1.165, 1.54) is 12.3 Å². The summed E-state index contributed by atoms with van der Waals surface area (Å²) in [5.74, 6) is 0.437. The first-order valence-electron chi connectivity index (χ1n) is 8.51. The summed E-state index contributed by atoms with van der Waals surface area (Å²) in [6.07, 6.45) is 2.37. The molecule has 4 aromatic rings. The molecule has 1 N–H and O–H groups in total. The van der Waals surface area contributed by atoms with Crippen LogP contribution in [0, 0.1) is 0 Å². The summed E-state index contributed by atoms with van der Waals surface area (Å²) in [7, 11) is 0. The van der Waals surface area contributed by atoms with Crippen molar-refractivity contribution in [3.8, 4) is 11.3 Å². The minimum Gasteiger partial charge on any atom is -0.463 e. The van der Waals surface area contributed by atoms with E-state index in [0.29, 0.717) is 45.1 Å². The number of hydrogen-bond donors (Lipinski definition) is 1. The highest BCUT2D eigenvalue weighted by atomic mass is 35.5. The average Bonchev–Trinajstić information content (AvgIpc) is 3.08. The molecule has 2 heterocycles. The number of aromatic nitrogens is 4. The molecule has 0 radical (unpaired) electrons. The number of rotatable bonds is 4. The van der Waals surface area contributed by atoms with Crippen LogP contribution in [0.1, 0.15) is 17.1 Å². The van der Waals surface area contributed by atoms with E-state index >= 15 is 0 Å². The van der Waals surface area contributed by atoms with Gasteiger partial charge in [-0.2, -0.15) is 9.78 Å². The molecule has 0 saturated carbocycles. The van der Waals surface area contributed by atoms with Crippen molar-refractivity contribution < 1.29 is 9.90 Å². The number of carbonyl (C=O) groups is 1. The largest absolute Gasteiger partial charge is 0.463 e. The first-order valence-corrected chi connectivity index (χ1v) is 8.89. The van der Waals surface area contributed by atoms with Gasteiger partial charge in [0.15, 0.2) is 5.82 Å². The van der Waals surface area contributed by atoms with Gasteiger partial charge < -0.3 is 5.11 Å². The van der Waals surface area contributed by atoms with Gasteiger partial charge in [-0.3, -0.25) is 0 Å². The molecule has 0 unspecified atom stereocenters. The van der Waals surface area contributed by atoms with Gasteiger partial charge in [-0.25, -0.2) is 14.8 Å². The van der Waals surface area contributed by atoms with Gasteiger partial charge in [0.2, 0.25) is 0 Å². The lowest BCUT2D eigenvalue weighted by Gasteiger charge is -2.08. The molecule has 2 aromatic carbocycles. The van der Waals surface area contributed by atoms with Crippen LogP contribution in [0.3, 0.4) is 0 Å². The summed E-state index contributed by atoms with van der Waals surface area (Å²) >= 11 is 6.37. The summed E-state index contributed by atoms with van der Waals surface area (Å²) in [5, 5.41) is 15.0. The lowest BCUT2D eigenvalue weighted by Crippen LogP contribution is -2.09. The third-order valence-electron chi connectivity index (χ3n) is 4.38. The van der Waals surface area contributed by atoms with Crippen LogP contribution in [0.2, 0.25) is 5.02 Å². The molecule has 0 aliphatic heterocycles. The highest BCUT2D eigenvalue weighted by Crippen LogP contribution is 2.34. The second kappa shape index (κ2) is 7.25. The van der Waals surface area contributed by atoms with Gasteiger partial charge in [0.25, 0.3) is 0 Å². The maximum absolute atomic E-state index is 11.7. The Bertz CT molecular complexity index is 1200. The first kappa shape index (κ1) is 17.9. The van der Waals surface area contributed by atoms with Gasteiger partial charge in [-0.05, 0) is 17.7 Å². The molecule has 0 atom stereocenters. The van der Waals surface area contributed by atoms with Crippen molar-refractivity contribution in [2.24, 2.45) is 0 Å². The van der Waals surface area contributed by atoms with Crippen molar-refractivity contribution in [2.45, 2.75) is 6.42 Å². The highest BCUT2D eigenvalue weighted by Gasteiger charge is 2.20. The fourth-order valence-electron chi connectivity index (χ4n) is 3.17. The molecule has 0 spiro atoms. The molecule has 4 rings (SSSR count). The Morgan fingerprint density at radius 2 is 1.96 bits per heavy atom. The zero-order valence-electron chi connectivity index (χ0n) is 14.7. The maximum Gasteiger partial charge on any atom is 0.432 e. The molecule has 0 bridgehead atoms. The second-order valence-corrected chi connectivity index (χ2v) is 6.54. The van der Waals surface area contributed by atoms with Crippen LogP contribution in [0.5, 0.6) is 0 Å². The van der Waals surface area contributed by atoms with Gasteiger partial charge in [0.05, 0.1) is 28.1 Å². The van der Waals surface area contributed by atoms with E-state index in [-0.39, 0.29) is 0 Å². The third-order valence-corrected chi connectivity index (χ3v) is 4.65. The molecule has 0 aliphatic rings. The predicted molar refractivity (Wildman–Crippen MR) is 109 cm³/mol. The van der Waals surface area contributed by atoms with Gasteiger partial charge >= 0.3 is 6.09 Å². The topological polar surface area (TPSA) is 80.9 Å². The van der Waals surface area contributed by atoms with Gasteiger partial charge in [-0.15, -0.1) is 0 Å². The second-order valence-electron chi connectivity index (χ2n) is 6.13. The normalized spacial score (nSPS) is 10.9. The van der Waals surface area contributed by atoms with E-state index in [0.717, 1.165) is 10.2 Å². The van der Waals surface area contributed by atoms with Gasteiger partial charge in [-0.1, -0.05) is 60.6 Å². The standard InChI is InChI=1S/C21H15ClN4O2/c1-2-18-23-12-15(22)20(24-18)14-9-6-10-17-19(14)16(25-26(17)21(27)28)11-13-7-4-3-5-8-13/h2-10,12H,1,11H2,(H,27,28). The van der Waals surface area contributed by atoms with Crippen molar-refractivity contribution in [1.29, 1.82) is 0 Å². The number of benzene rings is 2. The molecule has 0 saturated heterocycles. The molecule has 7 heteroatoms. The fourth-order valence-corrected chi connectivity index (χ4v) is 3.36. The van der Waals surface area contributed by atoms with Crippen molar-refractivity contribution in [1.82, 2.24) is 19.7 Å². The summed E-state index contributed by atoms with van der Waals surface area (Å²) in [6.45, 7) is 3.70. The lowest BCUT2D eigenvalue weighted by atomic mass is 10.0. The maximum atomic E-state index is 11.7. The molecule has 6 nitrogen and oxygen atoms in total. The Kier molecular flexibility index (Phi) is 4.63. The average molecular weight is 391 g/mol. The summed E-state index contributed by atoms with van der Waals surface area (Å²) in [4.78, 5) is 20.3. The number of nitrogens with zero attached hydrogens (tertiary/aromatic N) is 4. The Labute approximate surface area is 165 Å². The third kappa shape index (κ3) is 3.14. The summed E-state index contributed by atoms with van der Waals surface area (Å²) in [5.41, 5.74) is 3.34. The molecule has 2 aromatic heterocycles. The van der Waals surface area contributed by atoms with Crippen molar-refractivity contribution >= 4 is 34.7 Å². The summed E-state index contributed by atoms with van der Waals surface area (Å²) < 4.78 is 0.987. The lowest BCUT2D eigenvalue weighted by molar-refractivity contribution is 0.194. The number of fused-ring (bicyclic) bond motifs is 1. The van der Waals surface area contributed by atoms with Crippen LogP contribution in [-0.2, 0) is 6.42 Å². The Morgan fingerprint density at radius 3 is 2.68 bits per heavy atom. The Balaban J connectivity index is 2.00. The SMILES string of the molecule is C=Cc1ncc(Cl)c(-c2cccc3c2c(Cc2ccccc2)nn3C(=O)O)n1. The molecular weight excluding hydrogens is 376 g/mol. The van der Waals surface area contributed by atoms with Gasteiger partial charge in [0, 0.05) is 17.4 Å². The van der Waals surface area contributed by atoms with E-state index in [4.69, 9.17) is 11.6 Å². The van der Waals surface area contributed by atoms with Crippen LogP contribution >= 0.6 is 11.6 Å². The van der Waals surface area contributed by atoms with Crippen LogP contribution < -0.4 is 0 Å². The zero-order valence-corrected chi connectivity index (χ0v) is 15.5. The van der Waals surface area contributed by atoms with Crippen molar-refractivity contribution in [3.05, 3.63) is 83.4 Å². The van der Waals surface area contributed by atoms with Crippen LogP contribution in [-0.4, -0.2) is 30.9 Å². The molecule has 138 valence electrons. The van der Waals surface area contributed by atoms with Crippen molar-refractivity contribution in [3.63, 3.8) is 0 Å². The molecular formula is C21H15ClN4O2. The van der Waals surface area contributed by atoms with E-state index in [1.54, 1.807) is 12.1 Å². The zero-order chi connectivity index (χ0) is 19.7. The van der Waals surface area contributed by atoms with E-state index in [1.807, 2.05) is 36.4 Å². The minimum atomic E-state index is -1.15. The van der Waals surface area contributed by atoms with Crippen LogP contribution in [0.25, 0.3) is 28.2 Å². The molecule has 0 aliphatic carbocycles. The molecule has 0 fully saturated rings. The highest BCUT2D eigenvalue weighted by molar-refractivity contribution is 6.33. The number of halogens is 1. The Morgan fingerprint density at radius 1 is 1.18 bits per heavy atom. The molecule has 0 amide bonds. The van der Waals surface area contributed by atoms with Crippen LogP contribution in [0.4, 0.5) is 4.79 Å². The van der Waals surface area contributed by atoms with Crippen LogP contribution in [0.15, 0.2) is 61.3 Å². The quantitative estimate of drug-likeness (QED) is 0.535. The van der Waals surface area contributed by atoms with E-state index in [2.05, 4.69) is 21.6 Å². The smallest absolute Gasteiger partial charge is 0.432 e. The minimum absolute atomic E-state index is 0.367. The number of carboxylic acid groups (broad SMARTS) is 1. The molecule has 28 heavy (non-hydrogen) atoms.